The van der Waals surface area contributed by atoms with E-state index < -0.39 is 60.5 Å². The molecule has 0 saturated carbocycles. The molecular formula is C119H95BN4O. The summed E-state index contributed by atoms with van der Waals surface area (Å²) in [5.41, 5.74) is 33.2. The highest BCUT2D eigenvalue weighted by Crippen LogP contribution is 2.65. The molecule has 3 aromatic heterocycles. The fraction of sp³-hybridized carbons (Fsp3) is 0.143. The minimum atomic E-state index is -0.697. The van der Waals surface area contributed by atoms with Gasteiger partial charge in [0.2, 0.25) is 0 Å². The van der Waals surface area contributed by atoms with E-state index in [-0.39, 0.29) is 43.5 Å². The average molecular weight is 1620 g/mol. The van der Waals surface area contributed by atoms with Crippen molar-refractivity contribution in [2.45, 2.75) is 110 Å². The topological polar surface area (TPSA) is 29.5 Å². The second-order valence-electron chi connectivity index (χ2n) is 38.9. The highest BCUT2D eigenvalue weighted by atomic mass is 16.3. The number of aromatic nitrogens is 2. The van der Waals surface area contributed by atoms with E-state index in [0.717, 1.165) is 127 Å². The van der Waals surface area contributed by atoms with Crippen LogP contribution in [0.1, 0.15) is 139 Å². The second kappa shape index (κ2) is 26.9. The summed E-state index contributed by atoms with van der Waals surface area (Å²) in [7, 11) is 0. The molecular weight excluding hydrogens is 1510 g/mol. The van der Waals surface area contributed by atoms with Crippen molar-refractivity contribution in [3.05, 3.63) is 402 Å². The molecule has 2 aliphatic carbocycles. The fourth-order valence-electron chi connectivity index (χ4n) is 21.5. The monoisotopic (exact) mass is 1610 g/mol. The van der Waals surface area contributed by atoms with Crippen molar-refractivity contribution in [3.8, 4) is 78.1 Å². The van der Waals surface area contributed by atoms with Crippen LogP contribution >= 0.6 is 0 Å². The van der Waals surface area contributed by atoms with Crippen LogP contribution in [0.25, 0.3) is 144 Å². The summed E-state index contributed by atoms with van der Waals surface area (Å²) < 4.78 is 91.1. The molecule has 4 aliphatic rings. The summed E-state index contributed by atoms with van der Waals surface area (Å²) in [4.78, 5) is 4.79. The largest absolute Gasteiger partial charge is 0.453 e. The van der Waals surface area contributed by atoms with Gasteiger partial charge >= 0.3 is 0 Å². The van der Waals surface area contributed by atoms with E-state index in [2.05, 4.69) is 395 Å². The summed E-state index contributed by atoms with van der Waals surface area (Å²) >= 11 is 0. The van der Waals surface area contributed by atoms with Gasteiger partial charge in [0, 0.05) is 71.9 Å². The van der Waals surface area contributed by atoms with E-state index in [1.807, 2.05) is 12.1 Å². The van der Waals surface area contributed by atoms with Gasteiger partial charge in [-0.2, -0.15) is 0 Å². The molecule has 0 bridgehead atoms. The van der Waals surface area contributed by atoms with Crippen molar-refractivity contribution in [3.63, 3.8) is 0 Å². The number of rotatable bonds is 8. The van der Waals surface area contributed by atoms with Gasteiger partial charge in [0.05, 0.1) is 55.5 Å². The number of fused-ring (bicyclic) bond motifs is 23. The lowest BCUT2D eigenvalue weighted by Gasteiger charge is -2.45. The Bertz CT molecular complexity index is 8260. The maximum atomic E-state index is 10.3. The number of hydrogen-bond acceptors (Lipinski definition) is 3. The zero-order chi connectivity index (χ0) is 91.6. The summed E-state index contributed by atoms with van der Waals surface area (Å²) in [5, 5.41) is 4.02. The molecule has 0 amide bonds. The van der Waals surface area contributed by atoms with Crippen LogP contribution in [-0.4, -0.2) is 15.8 Å². The number of hydrogen-bond donors (Lipinski definition) is 0. The van der Waals surface area contributed by atoms with Gasteiger partial charge in [-0.25, -0.2) is 0 Å². The number of nitrogens with zero attached hydrogens (tertiary/aromatic N) is 4. The molecule has 125 heavy (non-hydrogen) atoms. The number of para-hydroxylation sites is 4. The molecule has 0 fully saturated rings. The predicted octanol–water partition coefficient (Wildman–Crippen LogP) is 30.1. The Hall–Kier alpha value is -14.2. The summed E-state index contributed by atoms with van der Waals surface area (Å²) in [5.74, 6) is 0. The minimum Gasteiger partial charge on any atom is -0.453 e. The molecule has 1 spiro atoms. The summed E-state index contributed by atoms with van der Waals surface area (Å²) in [6, 6.07) is 110. The van der Waals surface area contributed by atoms with Crippen LogP contribution < -0.4 is 26.2 Å². The number of benzene rings is 17. The van der Waals surface area contributed by atoms with Crippen molar-refractivity contribution < 1.29 is 15.4 Å². The zero-order valence-electron chi connectivity index (χ0n) is 80.2. The predicted molar refractivity (Wildman–Crippen MR) is 529 cm³/mol. The van der Waals surface area contributed by atoms with Crippen LogP contribution in [-0.2, 0) is 27.1 Å². The first-order valence-corrected chi connectivity index (χ1v) is 43.8. The van der Waals surface area contributed by atoms with Crippen LogP contribution in [0.3, 0.4) is 0 Å². The normalized spacial score (nSPS) is 14.7. The molecule has 600 valence electrons. The van der Waals surface area contributed by atoms with E-state index >= 15 is 0 Å². The van der Waals surface area contributed by atoms with Crippen LogP contribution in [0.15, 0.2) is 362 Å². The average Bonchev–Trinajstić information content (AvgIpc) is 1.45. The highest BCUT2D eigenvalue weighted by molar-refractivity contribution is 7.00. The lowest BCUT2D eigenvalue weighted by atomic mass is 9.33. The van der Waals surface area contributed by atoms with Crippen molar-refractivity contribution in [2.24, 2.45) is 0 Å². The molecule has 20 aromatic rings. The Labute approximate surface area is 743 Å². The molecule has 5 nitrogen and oxygen atoms in total. The van der Waals surface area contributed by atoms with E-state index in [9.17, 15) is 11.0 Å². The molecule has 6 heteroatoms. The van der Waals surface area contributed by atoms with Crippen LogP contribution in [0.5, 0.6) is 0 Å². The maximum Gasteiger partial charge on any atom is 0.252 e. The fourth-order valence-corrected chi connectivity index (χ4v) is 21.5. The van der Waals surface area contributed by atoms with Crippen molar-refractivity contribution in [1.29, 1.82) is 0 Å². The Morgan fingerprint density at radius 2 is 0.720 bits per heavy atom. The molecule has 0 saturated heterocycles. The van der Waals surface area contributed by atoms with Gasteiger partial charge in [-0.05, 0) is 223 Å². The minimum absolute atomic E-state index is 0.00160. The van der Waals surface area contributed by atoms with Crippen molar-refractivity contribution in [1.82, 2.24) is 9.13 Å². The lowest BCUT2D eigenvalue weighted by Crippen LogP contribution is -2.61. The molecule has 0 radical (unpaired) electrons. The Kier molecular flexibility index (Phi) is 14.3. The summed E-state index contributed by atoms with van der Waals surface area (Å²) in [6.45, 7) is 26.8. The molecule has 2 aliphatic heterocycles. The zero-order valence-corrected chi connectivity index (χ0v) is 72.2. The molecule has 24 rings (SSSR count). The maximum absolute atomic E-state index is 10.3. The first-order chi connectivity index (χ1) is 63.9. The van der Waals surface area contributed by atoms with Crippen LogP contribution in [0.4, 0.5) is 34.1 Å². The van der Waals surface area contributed by atoms with Gasteiger partial charge < -0.3 is 23.4 Å². The van der Waals surface area contributed by atoms with Gasteiger partial charge in [0.1, 0.15) is 5.58 Å². The quantitative estimate of drug-likeness (QED) is 0.142. The molecule has 0 atom stereocenters. The molecule has 17 aromatic carbocycles. The SMILES string of the molecule is [2H]c1c([2H])c([2H])c2c(c1[2H])c1c([2H])c([2H])c([2H])c([2H])c1n2-c1cc2c3c(c1)N(c1cccc4c1oc1c(-c5cccc6c5C5(c7ccccc7-c7ccccc75)c5ccccc5-6)cccc14)c1cc(-n4c5ccc(C(C)(C)C)cc5c5cc(C(C)(C)C)ccc54)ccc1B3c1ccc(-c3cc(C(C)(C)C)cc(C(C)(C)C)c3)cc1N2c1ccc(-c2ccccc2)cc1-c1ccccc1. The molecule has 0 N–H and O–H groups in total. The van der Waals surface area contributed by atoms with Gasteiger partial charge in [-0.3, -0.25) is 0 Å². The first kappa shape index (κ1) is 66.4. The molecule has 5 heterocycles. The van der Waals surface area contributed by atoms with Crippen LogP contribution in [0, 0.1) is 0 Å². The van der Waals surface area contributed by atoms with Crippen molar-refractivity contribution >= 4 is 123 Å². The third-order valence-electron chi connectivity index (χ3n) is 27.6. The third-order valence-corrected chi connectivity index (χ3v) is 27.6. The van der Waals surface area contributed by atoms with Crippen LogP contribution in [0.2, 0.25) is 0 Å². The Morgan fingerprint density at radius 3 is 1.30 bits per heavy atom. The highest BCUT2D eigenvalue weighted by Gasteiger charge is 2.53. The number of anilines is 6. The lowest BCUT2D eigenvalue weighted by molar-refractivity contribution is 0.569. The van der Waals surface area contributed by atoms with E-state index in [4.69, 9.17) is 4.42 Å². The van der Waals surface area contributed by atoms with Gasteiger partial charge in [-0.15, -0.1) is 0 Å². The smallest absolute Gasteiger partial charge is 0.252 e. The van der Waals surface area contributed by atoms with Gasteiger partial charge in [0.25, 0.3) is 6.71 Å². The molecule has 0 unspecified atom stereocenters. The van der Waals surface area contributed by atoms with E-state index in [1.165, 1.54) is 61.2 Å². The number of furan rings is 1. The van der Waals surface area contributed by atoms with E-state index in [1.54, 1.807) is 4.57 Å². The standard InChI is InChI=1S/C119H95BN4O/c1-115(2,3)77-54-60-104-94(67-77)95-68-78(116(4,5)6)55-61-105(95)121(104)81-56-58-100-108(69-81)124(106-51-31-45-92-91-44-30-43-90(113(91)125-114(92)106)89-42-29-41-88-85-38-21-26-48-98(85)119(111(88)89)96-46-24-19-36-83(96)84-37-20-25-47-97(84)119)110-71-82(122-101-49-27-22-39-86(101)87-40-23-28-50-102(87)122)70-109-112(110)120(100)99-57-52-75(76-62-79(117(7,8)9)66-80(63-76)118(10,11)12)65-107(99)123(109)103-59-53-74(72-32-15-13-16-33-72)64-93(103)73-34-17-14-18-35-73/h13-71H,1-12H3/i22D,23D,27D,28D,39D,40D,49D,50D. The Morgan fingerprint density at radius 1 is 0.272 bits per heavy atom. The first-order valence-electron chi connectivity index (χ1n) is 47.8. The summed E-state index contributed by atoms with van der Waals surface area (Å²) in [6.07, 6.45) is 0. The van der Waals surface area contributed by atoms with Crippen molar-refractivity contribution in [2.75, 3.05) is 9.80 Å². The van der Waals surface area contributed by atoms with Gasteiger partial charge in [-0.1, -0.05) is 356 Å². The van der Waals surface area contributed by atoms with Gasteiger partial charge in [0.15, 0.2) is 5.58 Å². The third kappa shape index (κ3) is 11.1. The second-order valence-corrected chi connectivity index (χ2v) is 38.9. The van der Waals surface area contributed by atoms with E-state index in [0.29, 0.717) is 28.2 Å². The Balaban J connectivity index is 0.863.